The Morgan fingerprint density at radius 1 is 1.33 bits per heavy atom. The Kier molecular flexibility index (Phi) is 6.25. The van der Waals surface area contributed by atoms with Crippen LogP contribution in [-0.4, -0.2) is 31.1 Å². The molecule has 0 bridgehead atoms. The van der Waals surface area contributed by atoms with Gasteiger partial charge in [-0.05, 0) is 24.1 Å². The smallest absolute Gasteiger partial charge is 0.311 e. The number of methoxy groups -OCH3 is 2. The van der Waals surface area contributed by atoms with Crippen molar-refractivity contribution in [2.24, 2.45) is 0 Å². The van der Waals surface area contributed by atoms with Gasteiger partial charge in [-0.3, -0.25) is 9.59 Å². The number of nitrogens with one attached hydrogen (secondary N) is 1. The van der Waals surface area contributed by atoms with Crippen LogP contribution in [0.3, 0.4) is 0 Å². The van der Waals surface area contributed by atoms with Gasteiger partial charge in [0.25, 0.3) is 0 Å². The van der Waals surface area contributed by atoms with Gasteiger partial charge in [-0.1, -0.05) is 6.07 Å². The number of aryl methyl sites for hydroxylation is 1. The molecule has 0 spiro atoms. The molecule has 1 amide bonds. The van der Waals surface area contributed by atoms with E-state index in [0.29, 0.717) is 22.8 Å². The van der Waals surface area contributed by atoms with Crippen LogP contribution in [0.15, 0.2) is 23.6 Å². The lowest BCUT2D eigenvalue weighted by Gasteiger charge is -2.05. The molecule has 2 aromatic rings. The summed E-state index contributed by atoms with van der Waals surface area (Å²) in [4.78, 5) is 27.2. The Balaban J connectivity index is 1.85. The number of hydrogen-bond donors (Lipinski definition) is 1. The van der Waals surface area contributed by atoms with Gasteiger partial charge in [0.05, 0.1) is 26.3 Å². The molecule has 1 aromatic heterocycles. The first-order chi connectivity index (χ1) is 11.5. The standard InChI is InChI=1S/C16H17FN2O4S/c1-22-13-5-3-10(7-12(13)17)4-6-14(20)19-16-18-11(9-24-16)8-15(21)23-2/h3,5,7,9H,4,6,8H2,1-2H3,(H,18,19,20). The highest BCUT2D eigenvalue weighted by molar-refractivity contribution is 7.13. The van der Waals surface area contributed by atoms with Crippen molar-refractivity contribution in [3.8, 4) is 5.75 Å². The number of anilines is 1. The summed E-state index contributed by atoms with van der Waals surface area (Å²) in [6.07, 6.45) is 0.652. The van der Waals surface area contributed by atoms with Crippen molar-refractivity contribution in [3.05, 3.63) is 40.7 Å². The van der Waals surface area contributed by atoms with Crippen molar-refractivity contribution >= 4 is 28.3 Å². The zero-order chi connectivity index (χ0) is 17.5. The molecular formula is C16H17FN2O4S. The third-order valence-corrected chi connectivity index (χ3v) is 4.01. The van der Waals surface area contributed by atoms with Crippen LogP contribution in [0, 0.1) is 5.82 Å². The van der Waals surface area contributed by atoms with Gasteiger partial charge >= 0.3 is 5.97 Å². The number of aromatic nitrogens is 1. The number of rotatable bonds is 7. The highest BCUT2D eigenvalue weighted by Gasteiger charge is 2.11. The molecule has 0 saturated heterocycles. The lowest BCUT2D eigenvalue weighted by atomic mass is 10.1. The van der Waals surface area contributed by atoms with Crippen molar-refractivity contribution in [1.29, 1.82) is 0 Å². The molecule has 8 heteroatoms. The molecule has 0 saturated carbocycles. The van der Waals surface area contributed by atoms with Crippen LogP contribution in [-0.2, 0) is 27.2 Å². The number of benzene rings is 1. The van der Waals surface area contributed by atoms with Gasteiger partial charge in [0, 0.05) is 11.8 Å². The molecule has 0 atom stereocenters. The predicted octanol–water partition coefficient (Wildman–Crippen LogP) is 2.58. The summed E-state index contributed by atoms with van der Waals surface area (Å²) in [6, 6.07) is 4.60. The fraction of sp³-hybridized carbons (Fsp3) is 0.312. The normalized spacial score (nSPS) is 10.3. The minimum atomic E-state index is -0.456. The van der Waals surface area contributed by atoms with Gasteiger partial charge in [0.2, 0.25) is 5.91 Å². The van der Waals surface area contributed by atoms with Gasteiger partial charge < -0.3 is 14.8 Å². The minimum absolute atomic E-state index is 0.0635. The number of carbonyl (C=O) groups excluding carboxylic acids is 2. The lowest BCUT2D eigenvalue weighted by molar-refractivity contribution is -0.139. The molecule has 1 heterocycles. The number of ether oxygens (including phenoxy) is 2. The second kappa shape index (κ2) is 8.39. The second-order valence-corrected chi connectivity index (χ2v) is 5.77. The lowest BCUT2D eigenvalue weighted by Crippen LogP contribution is -2.12. The monoisotopic (exact) mass is 352 g/mol. The maximum atomic E-state index is 13.6. The topological polar surface area (TPSA) is 77.5 Å². The van der Waals surface area contributed by atoms with Crippen LogP contribution >= 0.6 is 11.3 Å². The summed E-state index contributed by atoms with van der Waals surface area (Å²) < 4.78 is 23.0. The maximum absolute atomic E-state index is 13.6. The second-order valence-electron chi connectivity index (χ2n) is 4.91. The molecule has 0 aliphatic carbocycles. The van der Waals surface area contributed by atoms with Crippen molar-refractivity contribution in [2.45, 2.75) is 19.3 Å². The fourth-order valence-electron chi connectivity index (χ4n) is 1.97. The largest absolute Gasteiger partial charge is 0.494 e. The fourth-order valence-corrected chi connectivity index (χ4v) is 2.70. The first-order valence-electron chi connectivity index (χ1n) is 7.15. The molecule has 6 nitrogen and oxygen atoms in total. The SMILES string of the molecule is COC(=O)Cc1csc(NC(=O)CCc2ccc(OC)c(F)c2)n1. The molecule has 24 heavy (non-hydrogen) atoms. The molecule has 2 rings (SSSR count). The van der Waals surface area contributed by atoms with Crippen LogP contribution in [0.1, 0.15) is 17.7 Å². The minimum Gasteiger partial charge on any atom is -0.494 e. The number of amides is 1. The number of thiazole rings is 1. The van der Waals surface area contributed by atoms with Gasteiger partial charge in [0.1, 0.15) is 0 Å². The zero-order valence-electron chi connectivity index (χ0n) is 13.3. The first kappa shape index (κ1) is 17.9. The van der Waals surface area contributed by atoms with E-state index in [9.17, 15) is 14.0 Å². The van der Waals surface area contributed by atoms with Gasteiger partial charge in [-0.25, -0.2) is 9.37 Å². The van der Waals surface area contributed by atoms with E-state index in [1.165, 1.54) is 37.7 Å². The average Bonchev–Trinajstić information content (AvgIpc) is 2.99. The highest BCUT2D eigenvalue weighted by Crippen LogP contribution is 2.19. The van der Waals surface area contributed by atoms with Crippen molar-refractivity contribution in [1.82, 2.24) is 4.98 Å². The molecule has 1 aromatic carbocycles. The van der Waals surface area contributed by atoms with E-state index in [1.807, 2.05) is 0 Å². The molecule has 0 radical (unpaired) electrons. The van der Waals surface area contributed by atoms with Crippen molar-refractivity contribution in [2.75, 3.05) is 19.5 Å². The Hall–Kier alpha value is -2.48. The van der Waals surface area contributed by atoms with Crippen LogP contribution in [0.5, 0.6) is 5.75 Å². The molecule has 0 aliphatic heterocycles. The van der Waals surface area contributed by atoms with E-state index < -0.39 is 5.82 Å². The number of halogens is 1. The number of nitrogens with zero attached hydrogens (tertiary/aromatic N) is 1. The van der Waals surface area contributed by atoms with Gasteiger partial charge in [-0.2, -0.15) is 0 Å². The van der Waals surface area contributed by atoms with E-state index in [1.54, 1.807) is 11.4 Å². The summed E-state index contributed by atoms with van der Waals surface area (Å²) in [6.45, 7) is 0. The van der Waals surface area contributed by atoms with Crippen LogP contribution in [0.25, 0.3) is 0 Å². The van der Waals surface area contributed by atoms with E-state index in [4.69, 9.17) is 4.74 Å². The van der Waals surface area contributed by atoms with Crippen molar-refractivity contribution in [3.63, 3.8) is 0 Å². The Morgan fingerprint density at radius 3 is 2.79 bits per heavy atom. The van der Waals surface area contributed by atoms with Crippen LogP contribution in [0.4, 0.5) is 9.52 Å². The third kappa shape index (κ3) is 5.02. The predicted molar refractivity (Wildman–Crippen MR) is 87.7 cm³/mol. The summed E-state index contributed by atoms with van der Waals surface area (Å²) >= 11 is 1.23. The van der Waals surface area contributed by atoms with E-state index in [-0.39, 0.29) is 30.5 Å². The molecule has 0 aliphatic rings. The Morgan fingerprint density at radius 2 is 2.12 bits per heavy atom. The number of carbonyl (C=O) groups is 2. The van der Waals surface area contributed by atoms with E-state index in [0.717, 1.165) is 0 Å². The molecule has 1 N–H and O–H groups in total. The Bertz CT molecular complexity index is 733. The summed E-state index contributed by atoms with van der Waals surface area (Å²) in [5.74, 6) is -0.906. The molecule has 0 fully saturated rings. The molecule has 128 valence electrons. The maximum Gasteiger partial charge on any atom is 0.311 e. The zero-order valence-corrected chi connectivity index (χ0v) is 14.1. The van der Waals surface area contributed by atoms with Gasteiger partial charge in [-0.15, -0.1) is 11.3 Å². The van der Waals surface area contributed by atoms with E-state index >= 15 is 0 Å². The molecule has 0 unspecified atom stereocenters. The van der Waals surface area contributed by atoms with E-state index in [2.05, 4.69) is 15.0 Å². The van der Waals surface area contributed by atoms with Gasteiger partial charge in [0.15, 0.2) is 16.7 Å². The number of esters is 1. The number of hydrogen-bond acceptors (Lipinski definition) is 6. The van der Waals surface area contributed by atoms with Crippen LogP contribution < -0.4 is 10.1 Å². The van der Waals surface area contributed by atoms with Crippen LogP contribution in [0.2, 0.25) is 0 Å². The first-order valence-corrected chi connectivity index (χ1v) is 8.03. The summed E-state index contributed by atoms with van der Waals surface area (Å²) in [5, 5.41) is 4.76. The Labute approximate surface area is 142 Å². The third-order valence-electron chi connectivity index (χ3n) is 3.21. The summed E-state index contributed by atoms with van der Waals surface area (Å²) in [7, 11) is 2.70. The quantitative estimate of drug-likeness (QED) is 0.775. The average molecular weight is 352 g/mol. The van der Waals surface area contributed by atoms with Crippen molar-refractivity contribution < 1.29 is 23.5 Å². The highest BCUT2D eigenvalue weighted by atomic mass is 32.1. The molecular weight excluding hydrogens is 335 g/mol. The summed E-state index contributed by atoms with van der Waals surface area (Å²) in [5.41, 5.74) is 1.24.